The molecule has 1 aromatic heterocycles. The van der Waals surface area contributed by atoms with Gasteiger partial charge >= 0.3 is 0 Å². The molecule has 1 unspecified atom stereocenters. The zero-order valence-corrected chi connectivity index (χ0v) is 11.8. The summed E-state index contributed by atoms with van der Waals surface area (Å²) in [7, 11) is 0. The van der Waals surface area contributed by atoms with Gasteiger partial charge in [0.15, 0.2) is 0 Å². The van der Waals surface area contributed by atoms with Crippen molar-refractivity contribution < 1.29 is 0 Å². The van der Waals surface area contributed by atoms with Crippen LogP contribution < -0.4 is 5.32 Å². The maximum atomic E-state index is 5.87. The van der Waals surface area contributed by atoms with Crippen LogP contribution in [0.5, 0.6) is 0 Å². The molecule has 0 aliphatic carbocycles. The van der Waals surface area contributed by atoms with Crippen LogP contribution in [0, 0.1) is 0 Å². The summed E-state index contributed by atoms with van der Waals surface area (Å²) in [5.41, 5.74) is 0. The van der Waals surface area contributed by atoms with E-state index in [4.69, 9.17) is 11.6 Å². The number of nitrogens with zero attached hydrogens (tertiary/aromatic N) is 2. The summed E-state index contributed by atoms with van der Waals surface area (Å²) in [6.45, 7) is 2.14. The fourth-order valence-corrected chi connectivity index (χ4v) is 2.28. The predicted octanol–water partition coefficient (Wildman–Crippen LogP) is 3.45. The van der Waals surface area contributed by atoms with Crippen LogP contribution in [0.1, 0.15) is 13.3 Å². The maximum absolute atomic E-state index is 5.87. The Hall–Kier alpha value is -0.0000000000000000555. The molecule has 0 aliphatic rings. The van der Waals surface area contributed by atoms with Crippen molar-refractivity contribution in [2.45, 2.75) is 19.4 Å². The van der Waals surface area contributed by atoms with Gasteiger partial charge in [-0.3, -0.25) is 0 Å². The van der Waals surface area contributed by atoms with Crippen LogP contribution in [0.2, 0.25) is 5.15 Å². The molecule has 0 aliphatic heterocycles. The molecule has 0 fully saturated rings. The Balaban J connectivity index is 2.74. The van der Waals surface area contributed by atoms with Gasteiger partial charge in [-0.2, -0.15) is 11.8 Å². The third-order valence-corrected chi connectivity index (χ3v) is 3.95. The van der Waals surface area contributed by atoms with E-state index < -0.39 is 0 Å². The molecule has 0 saturated carbocycles. The third kappa shape index (κ3) is 3.81. The highest BCUT2D eigenvalue weighted by Gasteiger charge is 2.11. The number of thioether (sulfide) groups is 1. The second-order valence-corrected chi connectivity index (χ2v) is 5.09. The first-order chi connectivity index (χ1) is 7.19. The molecule has 1 aromatic rings. The molecular formula is C9H13BrClN3S. The average Bonchev–Trinajstić information content (AvgIpc) is 2.24. The number of hydrogen-bond acceptors (Lipinski definition) is 4. The highest BCUT2D eigenvalue weighted by Crippen LogP contribution is 2.26. The van der Waals surface area contributed by atoms with E-state index in [0.29, 0.717) is 11.2 Å². The van der Waals surface area contributed by atoms with Crippen molar-refractivity contribution in [2.24, 2.45) is 0 Å². The molecule has 3 nitrogen and oxygen atoms in total. The van der Waals surface area contributed by atoms with E-state index in [-0.39, 0.29) is 0 Å². The van der Waals surface area contributed by atoms with Crippen LogP contribution >= 0.6 is 39.3 Å². The molecule has 0 radical (unpaired) electrons. The number of hydrogen-bond donors (Lipinski definition) is 1. The van der Waals surface area contributed by atoms with Crippen LogP contribution in [0.4, 0.5) is 5.82 Å². The van der Waals surface area contributed by atoms with Gasteiger partial charge in [-0.25, -0.2) is 9.97 Å². The molecule has 0 saturated heterocycles. The number of aromatic nitrogens is 2. The molecule has 6 heteroatoms. The van der Waals surface area contributed by atoms with Gasteiger partial charge in [-0.1, -0.05) is 18.5 Å². The van der Waals surface area contributed by atoms with E-state index >= 15 is 0 Å². The second-order valence-electron chi connectivity index (χ2n) is 3.03. The molecule has 15 heavy (non-hydrogen) atoms. The summed E-state index contributed by atoms with van der Waals surface area (Å²) in [4.78, 5) is 8.03. The summed E-state index contributed by atoms with van der Waals surface area (Å²) in [6.07, 6.45) is 4.60. The first-order valence-electron chi connectivity index (χ1n) is 4.60. The third-order valence-electron chi connectivity index (χ3n) is 1.95. The normalized spacial score (nSPS) is 12.5. The monoisotopic (exact) mass is 309 g/mol. The number of rotatable bonds is 5. The fraction of sp³-hybridized carbons (Fsp3) is 0.556. The minimum absolute atomic E-state index is 0.405. The Kier molecular flexibility index (Phi) is 5.71. The summed E-state index contributed by atoms with van der Waals surface area (Å²) in [5, 5.41) is 3.77. The van der Waals surface area contributed by atoms with Crippen LogP contribution in [0.25, 0.3) is 0 Å². The molecule has 1 rings (SSSR count). The van der Waals surface area contributed by atoms with Crippen molar-refractivity contribution in [3.63, 3.8) is 0 Å². The van der Waals surface area contributed by atoms with Gasteiger partial charge in [0.05, 0.1) is 4.47 Å². The van der Waals surface area contributed by atoms with Crippen molar-refractivity contribution in [3.05, 3.63) is 16.0 Å². The topological polar surface area (TPSA) is 37.8 Å². The van der Waals surface area contributed by atoms with E-state index in [1.807, 2.05) is 11.8 Å². The lowest BCUT2D eigenvalue weighted by molar-refractivity contribution is 0.768. The van der Waals surface area contributed by atoms with Gasteiger partial charge in [-0.15, -0.1) is 0 Å². The van der Waals surface area contributed by atoms with Gasteiger partial charge in [0.25, 0.3) is 0 Å². The number of anilines is 1. The summed E-state index contributed by atoms with van der Waals surface area (Å²) < 4.78 is 0.728. The van der Waals surface area contributed by atoms with Crippen LogP contribution in [0.3, 0.4) is 0 Å². The van der Waals surface area contributed by atoms with E-state index in [1.54, 1.807) is 0 Å². The van der Waals surface area contributed by atoms with Crippen molar-refractivity contribution >= 4 is 45.1 Å². The smallest absolute Gasteiger partial charge is 0.148 e. The quantitative estimate of drug-likeness (QED) is 0.845. The SMILES string of the molecule is CCC(CSC)Nc1ncnc(Cl)c1Br. The molecule has 0 bridgehead atoms. The number of nitrogens with one attached hydrogen (secondary N) is 1. The van der Waals surface area contributed by atoms with Gasteiger partial charge in [-0.05, 0) is 28.6 Å². The van der Waals surface area contributed by atoms with Gasteiger partial charge in [0, 0.05) is 11.8 Å². The Morgan fingerprint density at radius 2 is 2.33 bits per heavy atom. The van der Waals surface area contributed by atoms with Crippen LogP contribution in [-0.4, -0.2) is 28.0 Å². The fourth-order valence-electron chi connectivity index (χ4n) is 1.11. The van der Waals surface area contributed by atoms with Crippen LogP contribution in [-0.2, 0) is 0 Å². The minimum atomic E-state index is 0.405. The highest BCUT2D eigenvalue weighted by molar-refractivity contribution is 9.10. The van der Waals surface area contributed by atoms with E-state index in [9.17, 15) is 0 Å². The van der Waals surface area contributed by atoms with Crippen LogP contribution in [0.15, 0.2) is 10.8 Å². The molecule has 1 atom stereocenters. The van der Waals surface area contributed by atoms with Gasteiger partial charge in [0.2, 0.25) is 0 Å². The van der Waals surface area contributed by atoms with Crippen molar-refractivity contribution in [1.29, 1.82) is 0 Å². The number of halogens is 2. The van der Waals surface area contributed by atoms with Crippen molar-refractivity contribution in [3.8, 4) is 0 Å². The summed E-state index contributed by atoms with van der Waals surface area (Å²) in [6, 6.07) is 0.405. The second kappa shape index (κ2) is 6.55. The van der Waals surface area contributed by atoms with Crippen molar-refractivity contribution in [1.82, 2.24) is 9.97 Å². The zero-order chi connectivity index (χ0) is 11.3. The Morgan fingerprint density at radius 1 is 1.60 bits per heavy atom. The highest BCUT2D eigenvalue weighted by atomic mass is 79.9. The first kappa shape index (κ1) is 13.1. The molecule has 0 aromatic carbocycles. The minimum Gasteiger partial charge on any atom is -0.365 e. The summed E-state index contributed by atoms with van der Waals surface area (Å²) in [5.74, 6) is 1.81. The molecular weight excluding hydrogens is 298 g/mol. The lowest BCUT2D eigenvalue weighted by Gasteiger charge is -2.17. The first-order valence-corrected chi connectivity index (χ1v) is 7.17. The predicted molar refractivity (Wildman–Crippen MR) is 70.8 cm³/mol. The molecule has 0 spiro atoms. The lowest BCUT2D eigenvalue weighted by atomic mass is 10.2. The maximum Gasteiger partial charge on any atom is 0.148 e. The zero-order valence-electron chi connectivity index (χ0n) is 8.63. The largest absolute Gasteiger partial charge is 0.365 e. The van der Waals surface area contributed by atoms with Crippen molar-refractivity contribution in [2.75, 3.05) is 17.3 Å². The molecule has 0 amide bonds. The molecule has 1 N–H and O–H groups in total. The molecule has 1 heterocycles. The van der Waals surface area contributed by atoms with Gasteiger partial charge < -0.3 is 5.32 Å². The molecule has 84 valence electrons. The van der Waals surface area contributed by atoms with E-state index in [1.165, 1.54) is 6.33 Å². The standard InChI is InChI=1S/C9H13BrClN3S/c1-3-6(4-15-2)14-9-7(10)8(11)12-5-13-9/h5-6H,3-4H2,1-2H3,(H,12,13,14). The van der Waals surface area contributed by atoms with E-state index in [2.05, 4.69) is 44.4 Å². The Labute approximate surface area is 108 Å². The average molecular weight is 311 g/mol. The lowest BCUT2D eigenvalue weighted by Crippen LogP contribution is -2.22. The van der Waals surface area contributed by atoms with E-state index in [0.717, 1.165) is 22.5 Å². The summed E-state index contributed by atoms with van der Waals surface area (Å²) >= 11 is 11.0. The Morgan fingerprint density at radius 3 is 2.93 bits per heavy atom. The van der Waals surface area contributed by atoms with Gasteiger partial charge in [0.1, 0.15) is 17.3 Å². The Bertz CT molecular complexity index is 324.